The normalized spacial score (nSPS) is 14.5. The van der Waals surface area contributed by atoms with Gasteiger partial charge in [0.1, 0.15) is 11.5 Å². The minimum atomic E-state index is -0.545. The zero-order valence-corrected chi connectivity index (χ0v) is 12.9. The molecule has 1 aromatic heterocycles. The summed E-state index contributed by atoms with van der Waals surface area (Å²) in [5.41, 5.74) is 2.72. The van der Waals surface area contributed by atoms with Crippen LogP contribution in [0.1, 0.15) is 36.7 Å². The highest BCUT2D eigenvalue weighted by molar-refractivity contribution is 5.93. The highest BCUT2D eigenvalue weighted by Gasteiger charge is 2.20. The predicted octanol–water partition coefficient (Wildman–Crippen LogP) is 3.27. The molecular weight excluding hydrogens is 280 g/mol. The fraction of sp³-hybridized carbons (Fsp3) is 0.412. The summed E-state index contributed by atoms with van der Waals surface area (Å²) in [5, 5.41) is 6.48. The van der Waals surface area contributed by atoms with Gasteiger partial charge in [0.15, 0.2) is 11.9 Å². The third-order valence-electron chi connectivity index (χ3n) is 3.89. The van der Waals surface area contributed by atoms with Crippen molar-refractivity contribution in [2.75, 3.05) is 5.32 Å². The van der Waals surface area contributed by atoms with E-state index in [0.717, 1.165) is 18.6 Å². The maximum absolute atomic E-state index is 12.3. The number of fused-ring (bicyclic) bond motifs is 1. The molecule has 0 saturated carbocycles. The van der Waals surface area contributed by atoms with Crippen molar-refractivity contribution in [2.45, 2.75) is 45.6 Å². The second kappa shape index (κ2) is 6.22. The molecule has 5 nitrogen and oxygen atoms in total. The van der Waals surface area contributed by atoms with E-state index < -0.39 is 6.10 Å². The molecule has 0 aliphatic heterocycles. The van der Waals surface area contributed by atoms with Crippen molar-refractivity contribution >= 4 is 11.7 Å². The van der Waals surface area contributed by atoms with E-state index in [-0.39, 0.29) is 5.91 Å². The highest BCUT2D eigenvalue weighted by atomic mass is 16.5. The monoisotopic (exact) mass is 300 g/mol. The molecule has 5 heteroatoms. The summed E-state index contributed by atoms with van der Waals surface area (Å²) >= 11 is 0. The van der Waals surface area contributed by atoms with Gasteiger partial charge in [0.05, 0.1) is 0 Å². The zero-order valence-electron chi connectivity index (χ0n) is 12.9. The number of anilines is 1. The summed E-state index contributed by atoms with van der Waals surface area (Å²) in [5.74, 6) is 1.61. The molecule has 3 rings (SSSR count). The van der Waals surface area contributed by atoms with Crippen LogP contribution in [0.3, 0.4) is 0 Å². The number of rotatable bonds is 5. The van der Waals surface area contributed by atoms with Gasteiger partial charge < -0.3 is 14.6 Å². The van der Waals surface area contributed by atoms with E-state index in [0.29, 0.717) is 18.0 Å². The topological polar surface area (TPSA) is 64.4 Å². The van der Waals surface area contributed by atoms with Gasteiger partial charge >= 0.3 is 0 Å². The number of aryl methyl sites for hydroxylation is 3. The molecule has 1 aliphatic carbocycles. The quantitative estimate of drug-likeness (QED) is 0.920. The molecule has 0 saturated heterocycles. The van der Waals surface area contributed by atoms with Gasteiger partial charge in [-0.1, -0.05) is 18.1 Å². The molecule has 0 radical (unpaired) electrons. The molecule has 0 spiro atoms. The fourth-order valence-corrected chi connectivity index (χ4v) is 2.74. The van der Waals surface area contributed by atoms with Gasteiger partial charge in [-0.3, -0.25) is 4.79 Å². The molecule has 1 N–H and O–H groups in total. The molecule has 116 valence electrons. The molecule has 0 unspecified atom stereocenters. The maximum atomic E-state index is 12.3. The van der Waals surface area contributed by atoms with Gasteiger partial charge in [-0.05, 0) is 55.9 Å². The van der Waals surface area contributed by atoms with Crippen LogP contribution in [0.25, 0.3) is 0 Å². The van der Waals surface area contributed by atoms with Crippen molar-refractivity contribution in [1.82, 2.24) is 5.16 Å². The number of benzene rings is 1. The maximum Gasteiger partial charge on any atom is 0.266 e. The molecule has 1 aromatic carbocycles. The Bertz CT molecular complexity index is 678. The second-order valence-corrected chi connectivity index (χ2v) is 5.61. The average molecular weight is 300 g/mol. The number of hydrogen-bond acceptors (Lipinski definition) is 4. The van der Waals surface area contributed by atoms with Gasteiger partial charge in [-0.25, -0.2) is 0 Å². The molecular formula is C17H20N2O3. The van der Waals surface area contributed by atoms with Crippen LogP contribution in [0.5, 0.6) is 5.75 Å². The summed E-state index contributed by atoms with van der Waals surface area (Å²) in [4.78, 5) is 12.3. The molecule has 22 heavy (non-hydrogen) atoms. The van der Waals surface area contributed by atoms with Gasteiger partial charge in [0.2, 0.25) is 0 Å². The van der Waals surface area contributed by atoms with Gasteiger partial charge in [0.25, 0.3) is 5.91 Å². The lowest BCUT2D eigenvalue weighted by atomic mass is 10.1. The second-order valence-electron chi connectivity index (χ2n) is 5.61. The summed E-state index contributed by atoms with van der Waals surface area (Å²) in [7, 11) is 0. The molecule has 1 heterocycles. The highest BCUT2D eigenvalue weighted by Crippen LogP contribution is 2.27. The van der Waals surface area contributed by atoms with E-state index in [9.17, 15) is 4.79 Å². The van der Waals surface area contributed by atoms with Crippen molar-refractivity contribution in [1.29, 1.82) is 0 Å². The molecule has 0 bridgehead atoms. The third-order valence-corrected chi connectivity index (χ3v) is 3.89. The smallest absolute Gasteiger partial charge is 0.266 e. The largest absolute Gasteiger partial charge is 0.481 e. The Balaban J connectivity index is 1.67. The number of aromatic nitrogens is 1. The Morgan fingerprint density at radius 1 is 1.36 bits per heavy atom. The lowest BCUT2D eigenvalue weighted by Gasteiger charge is -2.17. The standard InChI is InChI=1S/C17H20N2O3/c1-3-15(17(20)18-16-9-11(2)22-19-16)21-14-8-7-12-5-4-6-13(12)10-14/h7-10,15H,3-6H2,1-2H3,(H,18,19,20)/t15-/m1/s1. The van der Waals surface area contributed by atoms with Crippen LogP contribution in [-0.2, 0) is 17.6 Å². The first-order chi connectivity index (χ1) is 10.7. The van der Waals surface area contributed by atoms with E-state index in [1.54, 1.807) is 13.0 Å². The summed E-state index contributed by atoms with van der Waals surface area (Å²) in [6.07, 6.45) is 3.46. The van der Waals surface area contributed by atoms with Crippen LogP contribution in [0, 0.1) is 6.92 Å². The Kier molecular flexibility index (Phi) is 4.13. The number of ether oxygens (including phenoxy) is 1. The van der Waals surface area contributed by atoms with E-state index in [4.69, 9.17) is 9.26 Å². The number of nitrogens with one attached hydrogen (secondary N) is 1. The van der Waals surface area contributed by atoms with E-state index in [1.807, 2.05) is 13.0 Å². The summed E-state index contributed by atoms with van der Waals surface area (Å²) in [6, 6.07) is 7.78. The number of hydrogen-bond donors (Lipinski definition) is 1. The number of carbonyl (C=O) groups excluding carboxylic acids is 1. The van der Waals surface area contributed by atoms with Crippen molar-refractivity contribution in [3.8, 4) is 5.75 Å². The number of nitrogens with zero attached hydrogens (tertiary/aromatic N) is 1. The van der Waals surface area contributed by atoms with E-state index >= 15 is 0 Å². The van der Waals surface area contributed by atoms with Gasteiger partial charge in [-0.2, -0.15) is 0 Å². The van der Waals surface area contributed by atoms with Crippen LogP contribution in [0.15, 0.2) is 28.8 Å². The Labute approximate surface area is 129 Å². The lowest BCUT2D eigenvalue weighted by molar-refractivity contribution is -0.122. The molecule has 1 atom stereocenters. The Hall–Kier alpha value is -2.30. The minimum absolute atomic E-state index is 0.212. The molecule has 2 aromatic rings. The average Bonchev–Trinajstić information content (AvgIpc) is 3.12. The zero-order chi connectivity index (χ0) is 15.5. The third kappa shape index (κ3) is 3.13. The Morgan fingerprint density at radius 3 is 2.91 bits per heavy atom. The summed E-state index contributed by atoms with van der Waals surface area (Å²) < 4.78 is 10.8. The van der Waals surface area contributed by atoms with E-state index in [1.165, 1.54) is 17.5 Å². The fourth-order valence-electron chi connectivity index (χ4n) is 2.74. The first-order valence-corrected chi connectivity index (χ1v) is 7.68. The first-order valence-electron chi connectivity index (χ1n) is 7.68. The first kappa shape index (κ1) is 14.6. The molecule has 0 fully saturated rings. The molecule has 1 aliphatic rings. The Morgan fingerprint density at radius 2 is 2.18 bits per heavy atom. The van der Waals surface area contributed by atoms with E-state index in [2.05, 4.69) is 22.6 Å². The SMILES string of the molecule is CC[C@@H](Oc1ccc2c(c1)CCC2)C(=O)Nc1cc(C)on1. The van der Waals surface area contributed by atoms with Gasteiger partial charge in [-0.15, -0.1) is 0 Å². The van der Waals surface area contributed by atoms with Crippen LogP contribution in [-0.4, -0.2) is 17.2 Å². The van der Waals surface area contributed by atoms with Crippen LogP contribution < -0.4 is 10.1 Å². The molecule has 1 amide bonds. The minimum Gasteiger partial charge on any atom is -0.481 e. The lowest BCUT2D eigenvalue weighted by Crippen LogP contribution is -2.32. The number of carbonyl (C=O) groups is 1. The van der Waals surface area contributed by atoms with Crippen molar-refractivity contribution < 1.29 is 14.1 Å². The van der Waals surface area contributed by atoms with Crippen LogP contribution in [0.4, 0.5) is 5.82 Å². The van der Waals surface area contributed by atoms with Crippen molar-refractivity contribution in [3.05, 3.63) is 41.2 Å². The predicted molar refractivity (Wildman–Crippen MR) is 83.0 cm³/mol. The summed E-state index contributed by atoms with van der Waals surface area (Å²) in [6.45, 7) is 3.70. The van der Waals surface area contributed by atoms with Crippen molar-refractivity contribution in [2.24, 2.45) is 0 Å². The van der Waals surface area contributed by atoms with Crippen LogP contribution >= 0.6 is 0 Å². The van der Waals surface area contributed by atoms with Crippen LogP contribution in [0.2, 0.25) is 0 Å². The van der Waals surface area contributed by atoms with Gasteiger partial charge in [0, 0.05) is 6.07 Å². The van der Waals surface area contributed by atoms with Crippen molar-refractivity contribution in [3.63, 3.8) is 0 Å². The number of amides is 1.